The first-order valence-electron chi connectivity index (χ1n) is 8.60. The molecule has 0 aliphatic rings. The molecule has 6 heteroatoms. The number of benzene rings is 1. The van der Waals surface area contributed by atoms with Gasteiger partial charge in [-0.05, 0) is 51.0 Å². The molecule has 2 heterocycles. The largest absolute Gasteiger partial charge is 0.366 e. The Kier molecular flexibility index (Phi) is 4.84. The molecular formula is C20H23N5O. The first-order chi connectivity index (χ1) is 12.3. The molecular weight excluding hydrogens is 326 g/mol. The Morgan fingerprint density at radius 3 is 2.42 bits per heavy atom. The maximum absolute atomic E-state index is 11.2. The zero-order valence-corrected chi connectivity index (χ0v) is 15.3. The molecule has 3 rings (SSSR count). The first kappa shape index (κ1) is 17.8. The lowest BCUT2D eigenvalue weighted by atomic mass is 10.1. The molecule has 3 aromatic rings. The van der Waals surface area contributed by atoms with E-state index in [1.54, 1.807) is 18.3 Å². The second-order valence-corrected chi connectivity index (χ2v) is 7.24. The van der Waals surface area contributed by atoms with Crippen LogP contribution in [0, 0.1) is 0 Å². The fourth-order valence-electron chi connectivity index (χ4n) is 2.75. The van der Waals surface area contributed by atoms with Gasteiger partial charge in [0.25, 0.3) is 0 Å². The first-order valence-corrected chi connectivity index (χ1v) is 8.60. The second-order valence-electron chi connectivity index (χ2n) is 7.24. The lowest BCUT2D eigenvalue weighted by molar-refractivity contribution is 0.100. The number of hydrogen-bond donors (Lipinski definition) is 1. The van der Waals surface area contributed by atoms with E-state index in [0.717, 1.165) is 24.2 Å². The zero-order chi connectivity index (χ0) is 18.7. The van der Waals surface area contributed by atoms with Crippen LogP contribution in [0.4, 0.5) is 0 Å². The molecule has 134 valence electrons. The maximum Gasteiger partial charge on any atom is 0.248 e. The van der Waals surface area contributed by atoms with Crippen molar-refractivity contribution in [3.63, 3.8) is 0 Å². The highest BCUT2D eigenvalue weighted by atomic mass is 16.1. The summed E-state index contributed by atoms with van der Waals surface area (Å²) in [4.78, 5) is 20.2. The van der Waals surface area contributed by atoms with E-state index in [4.69, 9.17) is 15.8 Å². The number of nitrogens with two attached hydrogens (primary N) is 1. The Morgan fingerprint density at radius 2 is 1.85 bits per heavy atom. The number of amides is 1. The highest BCUT2D eigenvalue weighted by molar-refractivity contribution is 5.93. The van der Waals surface area contributed by atoms with Crippen LogP contribution in [0.5, 0.6) is 0 Å². The van der Waals surface area contributed by atoms with Gasteiger partial charge in [0.05, 0.1) is 5.54 Å². The molecule has 2 N–H and O–H groups in total. The third-order valence-corrected chi connectivity index (χ3v) is 4.10. The van der Waals surface area contributed by atoms with Gasteiger partial charge < -0.3 is 5.73 Å². The van der Waals surface area contributed by atoms with Crippen molar-refractivity contribution in [3.8, 4) is 11.4 Å². The van der Waals surface area contributed by atoms with Crippen LogP contribution in [0.25, 0.3) is 11.4 Å². The molecule has 1 amide bonds. The third kappa shape index (κ3) is 3.96. The van der Waals surface area contributed by atoms with Crippen LogP contribution in [-0.4, -0.2) is 25.7 Å². The quantitative estimate of drug-likeness (QED) is 0.767. The summed E-state index contributed by atoms with van der Waals surface area (Å²) in [5, 5.41) is 4.71. The van der Waals surface area contributed by atoms with E-state index in [1.807, 2.05) is 29.1 Å². The predicted molar refractivity (Wildman–Crippen MR) is 101 cm³/mol. The summed E-state index contributed by atoms with van der Waals surface area (Å²) in [6.07, 6.45) is 5.27. The van der Waals surface area contributed by atoms with Crippen LogP contribution in [0.2, 0.25) is 0 Å². The SMILES string of the molecule is CC(C)(C)n1nc(-c2ccc(C(N)=O)cc2)nc1CCc1cccnc1. The summed E-state index contributed by atoms with van der Waals surface area (Å²) < 4.78 is 1.97. The number of rotatable bonds is 5. The van der Waals surface area contributed by atoms with Crippen molar-refractivity contribution < 1.29 is 4.79 Å². The molecule has 0 radical (unpaired) electrons. The maximum atomic E-state index is 11.2. The standard InChI is InChI=1S/C20H23N5O/c1-20(2,3)25-17(11-6-14-5-4-12-22-13-14)23-19(24-25)16-9-7-15(8-10-16)18(21)26/h4-5,7-10,12-13H,6,11H2,1-3H3,(H2,21,26). The number of carbonyl (C=O) groups excluding carboxylic acids is 1. The van der Waals surface area contributed by atoms with E-state index in [9.17, 15) is 4.79 Å². The lowest BCUT2D eigenvalue weighted by Gasteiger charge is -2.21. The van der Waals surface area contributed by atoms with Gasteiger partial charge in [-0.2, -0.15) is 5.10 Å². The highest BCUT2D eigenvalue weighted by Crippen LogP contribution is 2.22. The number of aryl methyl sites for hydroxylation is 2. The van der Waals surface area contributed by atoms with Crippen LogP contribution >= 0.6 is 0 Å². The molecule has 0 saturated heterocycles. The average Bonchev–Trinajstić information content (AvgIpc) is 3.06. The predicted octanol–water partition coefficient (Wildman–Crippen LogP) is 2.98. The van der Waals surface area contributed by atoms with Gasteiger partial charge in [0, 0.05) is 29.9 Å². The summed E-state index contributed by atoms with van der Waals surface area (Å²) in [7, 11) is 0. The molecule has 0 bridgehead atoms. The van der Waals surface area contributed by atoms with Crippen molar-refractivity contribution in [2.45, 2.75) is 39.2 Å². The molecule has 0 unspecified atom stereocenters. The van der Waals surface area contributed by atoms with Gasteiger partial charge in [-0.1, -0.05) is 18.2 Å². The van der Waals surface area contributed by atoms with Gasteiger partial charge in [0.1, 0.15) is 5.82 Å². The molecule has 0 atom stereocenters. The number of hydrogen-bond acceptors (Lipinski definition) is 4. The van der Waals surface area contributed by atoms with E-state index < -0.39 is 5.91 Å². The summed E-state index contributed by atoms with van der Waals surface area (Å²) in [5.74, 6) is 1.13. The summed E-state index contributed by atoms with van der Waals surface area (Å²) in [6, 6.07) is 11.1. The minimum absolute atomic E-state index is 0.178. The van der Waals surface area contributed by atoms with Gasteiger partial charge in [-0.15, -0.1) is 0 Å². The Labute approximate surface area is 153 Å². The van der Waals surface area contributed by atoms with E-state index in [-0.39, 0.29) is 5.54 Å². The van der Waals surface area contributed by atoms with E-state index in [2.05, 4.69) is 31.8 Å². The van der Waals surface area contributed by atoms with Crippen LogP contribution < -0.4 is 5.73 Å². The third-order valence-electron chi connectivity index (χ3n) is 4.10. The monoisotopic (exact) mass is 349 g/mol. The normalized spacial score (nSPS) is 11.5. The molecule has 0 aliphatic carbocycles. The molecule has 0 saturated carbocycles. The van der Waals surface area contributed by atoms with E-state index in [1.165, 1.54) is 5.56 Å². The van der Waals surface area contributed by atoms with Crippen molar-refractivity contribution in [1.82, 2.24) is 19.7 Å². The van der Waals surface area contributed by atoms with Gasteiger partial charge in [0.15, 0.2) is 5.82 Å². The van der Waals surface area contributed by atoms with Crippen LogP contribution in [-0.2, 0) is 18.4 Å². The van der Waals surface area contributed by atoms with Gasteiger partial charge in [0.2, 0.25) is 5.91 Å². The van der Waals surface area contributed by atoms with Crippen molar-refractivity contribution >= 4 is 5.91 Å². The van der Waals surface area contributed by atoms with Gasteiger partial charge in [-0.25, -0.2) is 9.67 Å². The van der Waals surface area contributed by atoms with Crippen molar-refractivity contribution in [1.29, 1.82) is 0 Å². The summed E-state index contributed by atoms with van der Waals surface area (Å²) in [6.45, 7) is 6.32. The van der Waals surface area contributed by atoms with Crippen molar-refractivity contribution in [2.75, 3.05) is 0 Å². The number of carbonyl (C=O) groups is 1. The molecule has 0 spiro atoms. The summed E-state index contributed by atoms with van der Waals surface area (Å²) >= 11 is 0. The molecule has 2 aromatic heterocycles. The minimum atomic E-state index is -0.443. The number of pyridine rings is 1. The van der Waals surface area contributed by atoms with Crippen LogP contribution in [0.1, 0.15) is 42.5 Å². The smallest absolute Gasteiger partial charge is 0.248 e. The van der Waals surface area contributed by atoms with E-state index >= 15 is 0 Å². The fourth-order valence-corrected chi connectivity index (χ4v) is 2.75. The number of nitrogens with zero attached hydrogens (tertiary/aromatic N) is 4. The molecule has 26 heavy (non-hydrogen) atoms. The topological polar surface area (TPSA) is 86.7 Å². The molecule has 1 aromatic carbocycles. The van der Waals surface area contributed by atoms with Crippen LogP contribution in [0.15, 0.2) is 48.8 Å². The van der Waals surface area contributed by atoms with Crippen LogP contribution in [0.3, 0.4) is 0 Å². The zero-order valence-electron chi connectivity index (χ0n) is 15.3. The Bertz CT molecular complexity index is 892. The van der Waals surface area contributed by atoms with E-state index in [0.29, 0.717) is 11.4 Å². The summed E-state index contributed by atoms with van der Waals surface area (Å²) in [5.41, 5.74) is 7.63. The number of aromatic nitrogens is 4. The Hall–Kier alpha value is -3.02. The highest BCUT2D eigenvalue weighted by Gasteiger charge is 2.21. The molecule has 0 fully saturated rings. The van der Waals surface area contributed by atoms with Gasteiger partial charge in [-0.3, -0.25) is 9.78 Å². The number of primary amides is 1. The average molecular weight is 349 g/mol. The van der Waals surface area contributed by atoms with Crippen molar-refractivity contribution in [3.05, 3.63) is 65.7 Å². The second kappa shape index (κ2) is 7.07. The minimum Gasteiger partial charge on any atom is -0.366 e. The molecule has 0 aliphatic heterocycles. The lowest BCUT2D eigenvalue weighted by Crippen LogP contribution is -2.25. The Morgan fingerprint density at radius 1 is 1.12 bits per heavy atom. The Balaban J connectivity index is 1.90. The van der Waals surface area contributed by atoms with Crippen molar-refractivity contribution in [2.24, 2.45) is 5.73 Å². The van der Waals surface area contributed by atoms with Gasteiger partial charge >= 0.3 is 0 Å². The molecule has 6 nitrogen and oxygen atoms in total. The fraction of sp³-hybridized carbons (Fsp3) is 0.300.